The second kappa shape index (κ2) is 6.68. The Morgan fingerprint density at radius 1 is 1.23 bits per heavy atom. The van der Waals surface area contributed by atoms with Crippen LogP contribution in [-0.2, 0) is 6.42 Å². The van der Waals surface area contributed by atoms with Gasteiger partial charge in [-0.25, -0.2) is 19.9 Å². The Labute approximate surface area is 131 Å². The Kier molecular flexibility index (Phi) is 4.46. The van der Waals surface area contributed by atoms with Gasteiger partial charge in [0.1, 0.15) is 12.1 Å². The normalized spacial score (nSPS) is 18.3. The fourth-order valence-corrected chi connectivity index (χ4v) is 2.71. The van der Waals surface area contributed by atoms with Crippen LogP contribution in [0.15, 0.2) is 24.8 Å². The second-order valence-corrected chi connectivity index (χ2v) is 5.72. The van der Waals surface area contributed by atoms with E-state index in [0.29, 0.717) is 6.04 Å². The second-order valence-electron chi connectivity index (χ2n) is 5.72. The summed E-state index contributed by atoms with van der Waals surface area (Å²) in [6, 6.07) is 2.34. The summed E-state index contributed by atoms with van der Waals surface area (Å²) in [6.45, 7) is 5.99. The number of hydrogen-bond acceptors (Lipinski definition) is 6. The van der Waals surface area contributed by atoms with E-state index in [1.807, 2.05) is 25.4 Å². The van der Waals surface area contributed by atoms with E-state index in [-0.39, 0.29) is 0 Å². The molecule has 0 saturated carbocycles. The van der Waals surface area contributed by atoms with E-state index in [4.69, 9.17) is 0 Å². The molecule has 1 N–H and O–H groups in total. The molecule has 2 aromatic heterocycles. The predicted molar refractivity (Wildman–Crippen MR) is 87.0 cm³/mol. The van der Waals surface area contributed by atoms with Gasteiger partial charge in [-0.3, -0.25) is 0 Å². The standard InChI is InChI=1S/C16H22N6/c1-3-13-8-17-16(18-9-13)22-6-4-5-14(10-22)21-15-7-12(2)19-11-20-15/h7-9,11,14H,3-6,10H2,1-2H3,(H,19,20,21). The Balaban J connectivity index is 1.65. The van der Waals surface area contributed by atoms with Gasteiger partial charge in [0.25, 0.3) is 0 Å². The molecule has 0 radical (unpaired) electrons. The maximum atomic E-state index is 4.49. The molecule has 0 bridgehead atoms. The molecule has 1 saturated heterocycles. The number of piperidine rings is 1. The van der Waals surface area contributed by atoms with Crippen LogP contribution >= 0.6 is 0 Å². The van der Waals surface area contributed by atoms with Gasteiger partial charge in [-0.15, -0.1) is 0 Å². The molecular formula is C16H22N6. The first-order valence-corrected chi connectivity index (χ1v) is 7.85. The highest BCUT2D eigenvalue weighted by Crippen LogP contribution is 2.18. The quantitative estimate of drug-likeness (QED) is 0.933. The Bertz CT molecular complexity index is 612. The fraction of sp³-hybridized carbons (Fsp3) is 0.500. The molecule has 0 amide bonds. The lowest BCUT2D eigenvalue weighted by Crippen LogP contribution is -2.43. The molecule has 0 spiro atoms. The van der Waals surface area contributed by atoms with Crippen molar-refractivity contribution < 1.29 is 0 Å². The number of anilines is 2. The van der Waals surface area contributed by atoms with E-state index in [1.54, 1.807) is 6.33 Å². The van der Waals surface area contributed by atoms with Gasteiger partial charge in [-0.2, -0.15) is 0 Å². The number of nitrogens with zero attached hydrogens (tertiary/aromatic N) is 5. The lowest BCUT2D eigenvalue weighted by atomic mass is 10.1. The minimum absolute atomic E-state index is 0.359. The number of nitrogens with one attached hydrogen (secondary N) is 1. The van der Waals surface area contributed by atoms with Crippen molar-refractivity contribution in [1.82, 2.24) is 19.9 Å². The molecule has 6 nitrogen and oxygen atoms in total. The van der Waals surface area contributed by atoms with Crippen molar-refractivity contribution in [3.05, 3.63) is 36.0 Å². The van der Waals surface area contributed by atoms with E-state index < -0.39 is 0 Å². The summed E-state index contributed by atoms with van der Waals surface area (Å²) in [5, 5.41) is 3.50. The van der Waals surface area contributed by atoms with Crippen LogP contribution in [-0.4, -0.2) is 39.1 Å². The monoisotopic (exact) mass is 298 g/mol. The van der Waals surface area contributed by atoms with Gasteiger partial charge in [0.15, 0.2) is 0 Å². The summed E-state index contributed by atoms with van der Waals surface area (Å²) in [6.07, 6.45) is 8.68. The molecule has 1 aliphatic heterocycles. The summed E-state index contributed by atoms with van der Waals surface area (Å²) in [5.41, 5.74) is 2.15. The third kappa shape index (κ3) is 3.50. The van der Waals surface area contributed by atoms with E-state index in [1.165, 1.54) is 5.56 Å². The maximum absolute atomic E-state index is 4.49. The minimum atomic E-state index is 0.359. The zero-order valence-corrected chi connectivity index (χ0v) is 13.2. The number of aryl methyl sites for hydroxylation is 2. The van der Waals surface area contributed by atoms with E-state index in [2.05, 4.69) is 37.1 Å². The topological polar surface area (TPSA) is 66.8 Å². The SMILES string of the molecule is CCc1cnc(N2CCCC(Nc3cc(C)ncn3)C2)nc1. The van der Waals surface area contributed by atoms with Crippen LogP contribution in [0.2, 0.25) is 0 Å². The summed E-state index contributed by atoms with van der Waals surface area (Å²) in [7, 11) is 0. The van der Waals surface area contributed by atoms with Crippen LogP contribution in [0.1, 0.15) is 31.0 Å². The highest BCUT2D eigenvalue weighted by atomic mass is 15.3. The Morgan fingerprint density at radius 3 is 2.77 bits per heavy atom. The van der Waals surface area contributed by atoms with E-state index >= 15 is 0 Å². The predicted octanol–water partition coefficient (Wildman–Crippen LogP) is 2.22. The molecule has 1 atom stereocenters. The first-order valence-electron chi connectivity index (χ1n) is 7.85. The van der Waals surface area contributed by atoms with Crippen molar-refractivity contribution in [2.75, 3.05) is 23.3 Å². The summed E-state index contributed by atoms with van der Waals surface area (Å²) in [4.78, 5) is 19.6. The van der Waals surface area contributed by atoms with Crippen LogP contribution in [0.3, 0.4) is 0 Å². The molecule has 0 aromatic carbocycles. The summed E-state index contributed by atoms with van der Waals surface area (Å²) >= 11 is 0. The number of aromatic nitrogens is 4. The molecular weight excluding hydrogens is 276 g/mol. The maximum Gasteiger partial charge on any atom is 0.225 e. The lowest BCUT2D eigenvalue weighted by Gasteiger charge is -2.33. The smallest absolute Gasteiger partial charge is 0.225 e. The third-order valence-corrected chi connectivity index (χ3v) is 3.96. The Hall–Kier alpha value is -2.24. The van der Waals surface area contributed by atoms with Gasteiger partial charge in [-0.05, 0) is 31.7 Å². The highest BCUT2D eigenvalue weighted by molar-refractivity contribution is 5.38. The van der Waals surface area contributed by atoms with Gasteiger partial charge in [0, 0.05) is 43.3 Å². The van der Waals surface area contributed by atoms with Crippen molar-refractivity contribution in [2.45, 2.75) is 39.2 Å². The minimum Gasteiger partial charge on any atom is -0.365 e. The molecule has 22 heavy (non-hydrogen) atoms. The van der Waals surface area contributed by atoms with Crippen LogP contribution in [0.25, 0.3) is 0 Å². The molecule has 3 heterocycles. The first kappa shape index (κ1) is 14.7. The van der Waals surface area contributed by atoms with Gasteiger partial charge >= 0.3 is 0 Å². The van der Waals surface area contributed by atoms with E-state index in [9.17, 15) is 0 Å². The molecule has 6 heteroatoms. The molecule has 0 aliphatic carbocycles. The van der Waals surface area contributed by atoms with Crippen LogP contribution in [0.4, 0.5) is 11.8 Å². The van der Waals surface area contributed by atoms with E-state index in [0.717, 1.165) is 49.8 Å². The zero-order chi connectivity index (χ0) is 15.4. The van der Waals surface area contributed by atoms with Crippen molar-refractivity contribution in [3.8, 4) is 0 Å². The van der Waals surface area contributed by atoms with Crippen molar-refractivity contribution in [1.29, 1.82) is 0 Å². The van der Waals surface area contributed by atoms with Crippen molar-refractivity contribution in [3.63, 3.8) is 0 Å². The van der Waals surface area contributed by atoms with Crippen LogP contribution in [0.5, 0.6) is 0 Å². The average Bonchev–Trinajstić information content (AvgIpc) is 2.55. The molecule has 1 fully saturated rings. The number of hydrogen-bond donors (Lipinski definition) is 1. The highest BCUT2D eigenvalue weighted by Gasteiger charge is 2.21. The van der Waals surface area contributed by atoms with Crippen molar-refractivity contribution in [2.24, 2.45) is 0 Å². The van der Waals surface area contributed by atoms with Gasteiger partial charge < -0.3 is 10.2 Å². The zero-order valence-electron chi connectivity index (χ0n) is 13.2. The van der Waals surface area contributed by atoms with Gasteiger partial charge in [0.2, 0.25) is 5.95 Å². The van der Waals surface area contributed by atoms with Crippen LogP contribution in [0, 0.1) is 6.92 Å². The fourth-order valence-electron chi connectivity index (χ4n) is 2.71. The molecule has 2 aromatic rings. The first-order chi connectivity index (χ1) is 10.7. The van der Waals surface area contributed by atoms with Gasteiger partial charge in [0.05, 0.1) is 0 Å². The molecule has 1 unspecified atom stereocenters. The lowest BCUT2D eigenvalue weighted by molar-refractivity contribution is 0.521. The average molecular weight is 298 g/mol. The van der Waals surface area contributed by atoms with Crippen molar-refractivity contribution >= 4 is 11.8 Å². The van der Waals surface area contributed by atoms with Gasteiger partial charge in [-0.1, -0.05) is 6.92 Å². The molecule has 3 rings (SSSR count). The molecule has 116 valence electrons. The van der Waals surface area contributed by atoms with Crippen LogP contribution < -0.4 is 10.2 Å². The number of rotatable bonds is 4. The third-order valence-electron chi connectivity index (χ3n) is 3.96. The largest absolute Gasteiger partial charge is 0.365 e. The summed E-state index contributed by atoms with van der Waals surface area (Å²) in [5.74, 6) is 1.71. The Morgan fingerprint density at radius 2 is 2.05 bits per heavy atom. The molecule has 1 aliphatic rings. The summed E-state index contributed by atoms with van der Waals surface area (Å²) < 4.78 is 0.